The zero-order valence-corrected chi connectivity index (χ0v) is 5.80. The van der Waals surface area contributed by atoms with E-state index >= 15 is 0 Å². The zero-order valence-electron chi connectivity index (χ0n) is 5.80. The molecule has 0 N–H and O–H groups in total. The van der Waals surface area contributed by atoms with Gasteiger partial charge < -0.3 is 0 Å². The highest BCUT2D eigenvalue weighted by Crippen LogP contribution is 2.19. The first-order chi connectivity index (χ1) is 4.74. The maximum Gasteiger partial charge on any atom is 0.198 e. The van der Waals surface area contributed by atoms with Crippen molar-refractivity contribution in [1.29, 1.82) is 0 Å². The van der Waals surface area contributed by atoms with E-state index in [9.17, 15) is 9.59 Å². The number of hydrogen-bond acceptors (Lipinski definition) is 2. The second-order valence-corrected chi connectivity index (χ2v) is 2.58. The fourth-order valence-electron chi connectivity index (χ4n) is 1.11. The smallest absolute Gasteiger partial charge is 0.198 e. The molecule has 1 aliphatic carbocycles. The molecule has 0 aromatic carbocycles. The van der Waals surface area contributed by atoms with Gasteiger partial charge in [0.05, 0.1) is 0 Å². The molecule has 0 bridgehead atoms. The van der Waals surface area contributed by atoms with Crippen LogP contribution in [0, 0.1) is 5.92 Å². The minimum atomic E-state index is -0.226. The summed E-state index contributed by atoms with van der Waals surface area (Å²) in [6.07, 6.45) is 3.34. The Morgan fingerprint density at radius 3 is 2.60 bits per heavy atom. The van der Waals surface area contributed by atoms with Gasteiger partial charge in [-0.05, 0) is 12.3 Å². The van der Waals surface area contributed by atoms with Crippen molar-refractivity contribution in [3.05, 3.63) is 12.7 Å². The molecule has 1 atom stereocenters. The molecule has 1 saturated carbocycles. The van der Waals surface area contributed by atoms with Gasteiger partial charge in [0.1, 0.15) is 0 Å². The maximum absolute atomic E-state index is 10.8. The second kappa shape index (κ2) is 2.78. The third-order valence-electron chi connectivity index (χ3n) is 1.83. The summed E-state index contributed by atoms with van der Waals surface area (Å²) in [6, 6.07) is 0. The van der Waals surface area contributed by atoms with Crippen molar-refractivity contribution < 1.29 is 9.59 Å². The number of allylic oxidation sites excluding steroid dienone is 1. The molecule has 0 aromatic heterocycles. The topological polar surface area (TPSA) is 34.1 Å². The SMILES string of the molecule is C=CC1CCC(=O)C(=O)C1. The Kier molecular flexibility index (Phi) is 2.00. The molecule has 1 unspecified atom stereocenters. The highest BCUT2D eigenvalue weighted by molar-refractivity contribution is 6.37. The lowest BCUT2D eigenvalue weighted by atomic mass is 9.88. The van der Waals surface area contributed by atoms with Gasteiger partial charge in [0.25, 0.3) is 0 Å². The first kappa shape index (κ1) is 7.19. The lowest BCUT2D eigenvalue weighted by molar-refractivity contribution is -0.138. The van der Waals surface area contributed by atoms with Gasteiger partial charge in [0, 0.05) is 12.8 Å². The standard InChI is InChI=1S/C8H10O2/c1-2-6-3-4-7(9)8(10)5-6/h2,6H,1,3-5H2. The molecular formula is C8H10O2. The highest BCUT2D eigenvalue weighted by atomic mass is 16.2. The van der Waals surface area contributed by atoms with Crippen LogP contribution in [0.1, 0.15) is 19.3 Å². The van der Waals surface area contributed by atoms with E-state index in [1.807, 2.05) is 0 Å². The summed E-state index contributed by atoms with van der Waals surface area (Å²) < 4.78 is 0. The van der Waals surface area contributed by atoms with E-state index < -0.39 is 0 Å². The van der Waals surface area contributed by atoms with Gasteiger partial charge in [-0.2, -0.15) is 0 Å². The molecule has 1 rings (SSSR count). The molecule has 1 aliphatic rings. The van der Waals surface area contributed by atoms with E-state index in [4.69, 9.17) is 0 Å². The molecule has 0 saturated heterocycles. The van der Waals surface area contributed by atoms with Crippen molar-refractivity contribution in [2.45, 2.75) is 19.3 Å². The van der Waals surface area contributed by atoms with Gasteiger partial charge in [0.2, 0.25) is 0 Å². The number of carbonyl (C=O) groups excluding carboxylic acids is 2. The largest absolute Gasteiger partial charge is 0.291 e. The third-order valence-corrected chi connectivity index (χ3v) is 1.83. The number of ketones is 2. The highest BCUT2D eigenvalue weighted by Gasteiger charge is 2.23. The number of hydrogen-bond donors (Lipinski definition) is 0. The van der Waals surface area contributed by atoms with Crippen LogP contribution in [0.25, 0.3) is 0 Å². The van der Waals surface area contributed by atoms with Gasteiger partial charge in [0.15, 0.2) is 11.6 Å². The summed E-state index contributed by atoms with van der Waals surface area (Å²) in [6.45, 7) is 3.58. The molecule has 54 valence electrons. The Balaban J connectivity index is 2.56. The molecule has 0 amide bonds. The Bertz CT molecular complexity index is 182. The molecule has 2 heteroatoms. The number of Topliss-reactive ketones (excluding diaryl/α,β-unsaturated/α-hetero) is 2. The van der Waals surface area contributed by atoms with Crippen LogP contribution in [-0.2, 0) is 9.59 Å². The summed E-state index contributed by atoms with van der Waals surface area (Å²) in [5, 5.41) is 0. The van der Waals surface area contributed by atoms with Gasteiger partial charge in [-0.15, -0.1) is 6.58 Å². The number of carbonyl (C=O) groups is 2. The maximum atomic E-state index is 10.8. The quantitative estimate of drug-likeness (QED) is 0.402. The van der Waals surface area contributed by atoms with E-state index in [1.54, 1.807) is 6.08 Å². The Hall–Kier alpha value is -0.920. The summed E-state index contributed by atoms with van der Waals surface area (Å²) in [7, 11) is 0. The Morgan fingerprint density at radius 2 is 2.10 bits per heavy atom. The summed E-state index contributed by atoms with van der Waals surface area (Å²) in [5.41, 5.74) is 0. The van der Waals surface area contributed by atoms with Crippen LogP contribution in [-0.4, -0.2) is 11.6 Å². The van der Waals surface area contributed by atoms with E-state index in [-0.39, 0.29) is 17.5 Å². The first-order valence-corrected chi connectivity index (χ1v) is 3.42. The van der Waals surface area contributed by atoms with Crippen molar-refractivity contribution in [2.24, 2.45) is 5.92 Å². The van der Waals surface area contributed by atoms with Gasteiger partial charge >= 0.3 is 0 Å². The summed E-state index contributed by atoms with van der Waals surface area (Å²) in [5.74, 6) is -0.195. The number of rotatable bonds is 1. The second-order valence-electron chi connectivity index (χ2n) is 2.58. The fraction of sp³-hybridized carbons (Fsp3) is 0.500. The van der Waals surface area contributed by atoms with Crippen LogP contribution in [0.3, 0.4) is 0 Å². The molecule has 0 aromatic rings. The molecule has 1 fully saturated rings. The molecular weight excluding hydrogens is 128 g/mol. The third kappa shape index (κ3) is 1.32. The van der Waals surface area contributed by atoms with Crippen LogP contribution in [0.15, 0.2) is 12.7 Å². The van der Waals surface area contributed by atoms with E-state index in [2.05, 4.69) is 6.58 Å². The predicted octanol–water partition coefficient (Wildman–Crippen LogP) is 1.11. The lowest BCUT2D eigenvalue weighted by Gasteiger charge is -2.14. The first-order valence-electron chi connectivity index (χ1n) is 3.42. The minimum Gasteiger partial charge on any atom is -0.291 e. The fourth-order valence-corrected chi connectivity index (χ4v) is 1.11. The average Bonchev–Trinajstić information content (AvgIpc) is 1.95. The van der Waals surface area contributed by atoms with Crippen molar-refractivity contribution in [1.82, 2.24) is 0 Å². The Morgan fingerprint density at radius 1 is 1.40 bits per heavy atom. The Labute approximate surface area is 59.9 Å². The van der Waals surface area contributed by atoms with Crippen molar-refractivity contribution >= 4 is 11.6 Å². The molecule has 0 spiro atoms. The van der Waals surface area contributed by atoms with E-state index in [0.29, 0.717) is 12.8 Å². The average molecular weight is 138 g/mol. The molecule has 0 heterocycles. The van der Waals surface area contributed by atoms with Crippen molar-refractivity contribution in [2.75, 3.05) is 0 Å². The predicted molar refractivity (Wildman–Crippen MR) is 37.6 cm³/mol. The van der Waals surface area contributed by atoms with Crippen molar-refractivity contribution in [3.63, 3.8) is 0 Å². The lowest BCUT2D eigenvalue weighted by Crippen LogP contribution is -2.23. The summed E-state index contributed by atoms with van der Waals surface area (Å²) >= 11 is 0. The molecule has 10 heavy (non-hydrogen) atoms. The molecule has 0 aliphatic heterocycles. The zero-order chi connectivity index (χ0) is 7.56. The van der Waals surface area contributed by atoms with E-state index in [1.165, 1.54) is 0 Å². The normalized spacial score (nSPS) is 26.6. The van der Waals surface area contributed by atoms with Crippen LogP contribution in [0.4, 0.5) is 0 Å². The molecule has 0 radical (unpaired) electrons. The summed E-state index contributed by atoms with van der Waals surface area (Å²) in [4.78, 5) is 21.4. The van der Waals surface area contributed by atoms with Crippen LogP contribution in [0.5, 0.6) is 0 Å². The van der Waals surface area contributed by atoms with Crippen molar-refractivity contribution in [3.8, 4) is 0 Å². The minimum absolute atomic E-state index is 0.210. The van der Waals surface area contributed by atoms with E-state index in [0.717, 1.165) is 6.42 Å². The monoisotopic (exact) mass is 138 g/mol. The van der Waals surface area contributed by atoms with Crippen LogP contribution in [0.2, 0.25) is 0 Å². The van der Waals surface area contributed by atoms with Gasteiger partial charge in [-0.25, -0.2) is 0 Å². The molecule has 2 nitrogen and oxygen atoms in total. The van der Waals surface area contributed by atoms with Gasteiger partial charge in [-0.1, -0.05) is 6.08 Å². The van der Waals surface area contributed by atoms with Gasteiger partial charge in [-0.3, -0.25) is 9.59 Å². The van der Waals surface area contributed by atoms with Crippen LogP contribution >= 0.6 is 0 Å². The van der Waals surface area contributed by atoms with Crippen LogP contribution < -0.4 is 0 Å².